The molecule has 2 aromatic rings. The Morgan fingerprint density at radius 1 is 0.732 bits per heavy atom. The number of hydrogen-bond acceptors (Lipinski definition) is 7. The maximum absolute atomic E-state index is 13.5. The minimum atomic E-state index is -1.19. The zero-order valence-corrected chi connectivity index (χ0v) is 24.0. The van der Waals surface area contributed by atoms with Gasteiger partial charge in [-0.3, -0.25) is 14.4 Å². The van der Waals surface area contributed by atoms with Crippen LogP contribution in [-0.4, -0.2) is 63.2 Å². The number of amides is 3. The molecule has 0 saturated carbocycles. The number of phenolic OH excluding ortho intramolecular Hbond substituents is 2. The summed E-state index contributed by atoms with van der Waals surface area (Å²) >= 11 is 0. The van der Waals surface area contributed by atoms with Crippen LogP contribution in [0, 0.1) is 11.8 Å². The fraction of sp³-hybridized carbons (Fsp3) is 0.467. The molecule has 2 rings (SSSR count). The predicted molar refractivity (Wildman–Crippen MR) is 154 cm³/mol. The van der Waals surface area contributed by atoms with Gasteiger partial charge in [-0.2, -0.15) is 0 Å². The minimum absolute atomic E-state index is 0.00513. The van der Waals surface area contributed by atoms with E-state index < -0.39 is 47.9 Å². The molecule has 0 heterocycles. The summed E-state index contributed by atoms with van der Waals surface area (Å²) in [6, 6.07) is 8.08. The SMILES string of the molecule is CCC(C)C(NC(=O)C(Cc1ccc(O)cc1)NC(=O)C(CC(C)C)NC(=O)C(N)Cc1ccc(O)cc1)C(=O)O. The van der Waals surface area contributed by atoms with Crippen LogP contribution in [0.3, 0.4) is 0 Å². The van der Waals surface area contributed by atoms with E-state index in [1.807, 2.05) is 20.8 Å². The lowest BCUT2D eigenvalue weighted by atomic mass is 9.97. The second kappa shape index (κ2) is 15.6. The van der Waals surface area contributed by atoms with E-state index in [0.717, 1.165) is 5.56 Å². The van der Waals surface area contributed by atoms with Crippen LogP contribution in [-0.2, 0) is 32.0 Å². The summed E-state index contributed by atoms with van der Waals surface area (Å²) in [5.74, 6) is -3.27. The van der Waals surface area contributed by atoms with Crippen molar-refractivity contribution in [2.75, 3.05) is 0 Å². The third-order valence-electron chi connectivity index (χ3n) is 6.85. The Morgan fingerprint density at radius 2 is 1.20 bits per heavy atom. The zero-order valence-electron chi connectivity index (χ0n) is 24.0. The Labute approximate surface area is 240 Å². The highest BCUT2D eigenvalue weighted by Gasteiger charge is 2.32. The zero-order chi connectivity index (χ0) is 30.7. The molecule has 2 aromatic carbocycles. The van der Waals surface area contributed by atoms with E-state index in [0.29, 0.717) is 12.0 Å². The van der Waals surface area contributed by atoms with Crippen LogP contribution in [0.5, 0.6) is 11.5 Å². The van der Waals surface area contributed by atoms with Crippen LogP contribution in [0.15, 0.2) is 48.5 Å². The summed E-state index contributed by atoms with van der Waals surface area (Å²) in [5, 5.41) is 36.7. The van der Waals surface area contributed by atoms with Gasteiger partial charge in [-0.25, -0.2) is 4.79 Å². The molecular weight excluding hydrogens is 528 g/mol. The first kappa shape index (κ1) is 33.1. The van der Waals surface area contributed by atoms with Crippen LogP contribution in [0.1, 0.15) is 51.7 Å². The van der Waals surface area contributed by atoms with E-state index in [-0.39, 0.29) is 42.6 Å². The van der Waals surface area contributed by atoms with E-state index in [9.17, 15) is 34.5 Å². The van der Waals surface area contributed by atoms with Crippen LogP contribution in [0.4, 0.5) is 0 Å². The van der Waals surface area contributed by atoms with Gasteiger partial charge in [-0.1, -0.05) is 58.4 Å². The lowest BCUT2D eigenvalue weighted by Crippen LogP contribution is -2.58. The molecule has 41 heavy (non-hydrogen) atoms. The molecule has 0 bridgehead atoms. The summed E-state index contributed by atoms with van der Waals surface area (Å²) in [6.07, 6.45) is 0.981. The van der Waals surface area contributed by atoms with Gasteiger partial charge in [0.2, 0.25) is 17.7 Å². The highest BCUT2D eigenvalue weighted by molar-refractivity contribution is 5.94. The molecule has 3 amide bonds. The maximum atomic E-state index is 13.5. The molecular formula is C30H42N4O7. The normalized spacial score (nSPS) is 14.8. The maximum Gasteiger partial charge on any atom is 0.326 e. The van der Waals surface area contributed by atoms with Crippen molar-refractivity contribution in [3.05, 3.63) is 59.7 Å². The predicted octanol–water partition coefficient (Wildman–Crippen LogP) is 1.84. The topological polar surface area (TPSA) is 191 Å². The Kier molecular flexibility index (Phi) is 12.6. The fourth-order valence-electron chi connectivity index (χ4n) is 4.25. The minimum Gasteiger partial charge on any atom is -0.508 e. The number of carbonyl (C=O) groups excluding carboxylic acids is 3. The number of benzene rings is 2. The molecule has 0 spiro atoms. The Morgan fingerprint density at radius 3 is 1.66 bits per heavy atom. The molecule has 8 N–H and O–H groups in total. The lowest BCUT2D eigenvalue weighted by Gasteiger charge is -2.27. The number of carboxylic acids is 1. The molecule has 0 aromatic heterocycles. The number of carboxylic acid groups (broad SMARTS) is 1. The summed E-state index contributed by atoms with van der Waals surface area (Å²) in [6.45, 7) is 7.29. The molecule has 0 radical (unpaired) electrons. The van der Waals surface area contributed by atoms with Crippen molar-refractivity contribution >= 4 is 23.7 Å². The van der Waals surface area contributed by atoms with Gasteiger partial charge in [-0.15, -0.1) is 0 Å². The number of nitrogens with one attached hydrogen (secondary N) is 3. The lowest BCUT2D eigenvalue weighted by molar-refractivity contribution is -0.143. The number of nitrogens with two attached hydrogens (primary N) is 1. The molecule has 5 atom stereocenters. The van der Waals surface area contributed by atoms with E-state index in [1.165, 1.54) is 24.3 Å². The van der Waals surface area contributed by atoms with Gasteiger partial charge < -0.3 is 37.0 Å². The number of carbonyl (C=O) groups is 4. The molecule has 0 aliphatic rings. The number of hydrogen-bond donors (Lipinski definition) is 7. The van der Waals surface area contributed by atoms with E-state index in [2.05, 4.69) is 16.0 Å². The molecule has 224 valence electrons. The van der Waals surface area contributed by atoms with Gasteiger partial charge in [0.05, 0.1) is 6.04 Å². The van der Waals surface area contributed by atoms with Gasteiger partial charge in [0.15, 0.2) is 0 Å². The van der Waals surface area contributed by atoms with Crippen molar-refractivity contribution in [1.82, 2.24) is 16.0 Å². The molecule has 0 saturated heterocycles. The Bertz CT molecular complexity index is 1170. The molecule has 11 heteroatoms. The van der Waals surface area contributed by atoms with Gasteiger partial charge in [-0.05, 0) is 60.1 Å². The first-order chi connectivity index (χ1) is 19.3. The van der Waals surface area contributed by atoms with Crippen LogP contribution < -0.4 is 21.7 Å². The Hall–Kier alpha value is -4.12. The first-order valence-electron chi connectivity index (χ1n) is 13.8. The van der Waals surface area contributed by atoms with Crippen molar-refractivity contribution < 1.29 is 34.5 Å². The number of phenols is 2. The summed E-state index contributed by atoms with van der Waals surface area (Å²) in [5.41, 5.74) is 7.46. The van der Waals surface area contributed by atoms with E-state index in [1.54, 1.807) is 31.2 Å². The number of rotatable bonds is 15. The number of aromatic hydroxyl groups is 2. The monoisotopic (exact) mass is 570 g/mol. The van der Waals surface area contributed by atoms with Crippen molar-refractivity contribution in [2.45, 2.75) is 77.5 Å². The smallest absolute Gasteiger partial charge is 0.326 e. The molecule has 0 aliphatic heterocycles. The van der Waals surface area contributed by atoms with Gasteiger partial charge >= 0.3 is 5.97 Å². The average molecular weight is 571 g/mol. The third-order valence-corrected chi connectivity index (χ3v) is 6.85. The van der Waals surface area contributed by atoms with Crippen molar-refractivity contribution in [1.29, 1.82) is 0 Å². The summed E-state index contributed by atoms with van der Waals surface area (Å²) in [7, 11) is 0. The number of aliphatic carboxylic acids is 1. The standard InChI is InChI=1S/C30H42N4O7/c1-5-18(4)26(30(40)41)34-29(39)25(16-20-8-12-22(36)13-9-20)33-28(38)24(14-17(2)3)32-27(37)23(31)15-19-6-10-21(35)11-7-19/h6-13,17-18,23-26,35-36H,5,14-16,31H2,1-4H3,(H,32,37)(H,33,38)(H,34,39)(H,40,41). The third kappa shape index (κ3) is 10.8. The summed E-state index contributed by atoms with van der Waals surface area (Å²) in [4.78, 5) is 51.6. The molecule has 5 unspecified atom stereocenters. The quantitative estimate of drug-likeness (QED) is 0.169. The molecule has 0 fully saturated rings. The molecule has 11 nitrogen and oxygen atoms in total. The van der Waals surface area contributed by atoms with Crippen molar-refractivity contribution in [3.8, 4) is 11.5 Å². The largest absolute Gasteiger partial charge is 0.508 e. The average Bonchev–Trinajstić information content (AvgIpc) is 2.92. The van der Waals surface area contributed by atoms with E-state index >= 15 is 0 Å². The van der Waals surface area contributed by atoms with Crippen molar-refractivity contribution in [2.24, 2.45) is 17.6 Å². The van der Waals surface area contributed by atoms with Gasteiger partial charge in [0.25, 0.3) is 0 Å². The van der Waals surface area contributed by atoms with Crippen LogP contribution in [0.2, 0.25) is 0 Å². The Balaban J connectivity index is 2.23. The molecule has 0 aliphatic carbocycles. The van der Waals surface area contributed by atoms with E-state index in [4.69, 9.17) is 5.73 Å². The fourth-order valence-corrected chi connectivity index (χ4v) is 4.25. The van der Waals surface area contributed by atoms with Crippen LogP contribution >= 0.6 is 0 Å². The highest BCUT2D eigenvalue weighted by Crippen LogP contribution is 2.15. The van der Waals surface area contributed by atoms with Gasteiger partial charge in [0.1, 0.15) is 29.6 Å². The van der Waals surface area contributed by atoms with Crippen molar-refractivity contribution in [3.63, 3.8) is 0 Å². The summed E-state index contributed by atoms with van der Waals surface area (Å²) < 4.78 is 0. The highest BCUT2D eigenvalue weighted by atomic mass is 16.4. The van der Waals surface area contributed by atoms with Gasteiger partial charge in [0, 0.05) is 6.42 Å². The first-order valence-corrected chi connectivity index (χ1v) is 13.8. The second-order valence-electron chi connectivity index (χ2n) is 10.8. The van der Waals surface area contributed by atoms with Crippen LogP contribution in [0.25, 0.3) is 0 Å². The second-order valence-corrected chi connectivity index (χ2v) is 10.8.